The van der Waals surface area contributed by atoms with Gasteiger partial charge in [-0.15, -0.1) is 10.2 Å². The molecule has 8 nitrogen and oxygen atoms in total. The van der Waals surface area contributed by atoms with E-state index in [0.29, 0.717) is 30.2 Å². The van der Waals surface area contributed by atoms with Gasteiger partial charge in [0.2, 0.25) is 0 Å². The van der Waals surface area contributed by atoms with Crippen molar-refractivity contribution in [1.29, 1.82) is 0 Å². The minimum Gasteiger partial charge on any atom is -0.488 e. The summed E-state index contributed by atoms with van der Waals surface area (Å²) in [5.74, 6) is 0.453. The van der Waals surface area contributed by atoms with Crippen LogP contribution < -0.4 is 10.1 Å². The average molecular weight is 389 g/mol. The maximum atomic E-state index is 11.3. The molecule has 0 radical (unpaired) electrons. The van der Waals surface area contributed by atoms with Gasteiger partial charge in [0.05, 0.1) is 0 Å². The molecule has 1 fully saturated rings. The second kappa shape index (κ2) is 7.14. The number of carboxylic acids is 1. The number of piperidine rings is 1. The number of pyridine rings is 2. The number of aromatic nitrogens is 4. The molecule has 0 saturated carbocycles. The first-order valence-corrected chi connectivity index (χ1v) is 9.52. The maximum Gasteiger partial charge on any atom is 0.320 e. The van der Waals surface area contributed by atoms with Gasteiger partial charge in [-0.3, -0.25) is 9.20 Å². The number of aliphatic carboxylic acids is 1. The highest BCUT2D eigenvalue weighted by molar-refractivity contribution is 5.86. The van der Waals surface area contributed by atoms with E-state index >= 15 is 0 Å². The van der Waals surface area contributed by atoms with Gasteiger partial charge in [-0.2, -0.15) is 0 Å². The number of hydrogen-bond acceptors (Lipinski definition) is 6. The molecule has 2 N–H and O–H groups in total. The van der Waals surface area contributed by atoms with Gasteiger partial charge in [0.15, 0.2) is 11.5 Å². The van der Waals surface area contributed by atoms with Gasteiger partial charge in [-0.05, 0) is 37.2 Å². The lowest BCUT2D eigenvalue weighted by atomic mass is 10.0. The summed E-state index contributed by atoms with van der Waals surface area (Å²) in [5, 5.41) is 21.7. The fourth-order valence-corrected chi connectivity index (χ4v) is 3.71. The number of carboxylic acid groups (broad SMARTS) is 1. The molecule has 146 valence electrons. The standard InChI is InChI=1S/C21H19N5O3/c27-21(28)16-12-14(9-10-22-16)29-17-5-3-4-13-7-8-15(23-19(13)17)20-25-24-18-6-1-2-11-26(18)20/h1-8,11,14,16,22H,9-10,12H2,(H,27,28). The molecular weight excluding hydrogens is 370 g/mol. The van der Waals surface area contributed by atoms with Crippen LogP contribution in [0.1, 0.15) is 12.8 Å². The fraction of sp³-hybridized carbons (Fsp3) is 0.238. The first-order valence-electron chi connectivity index (χ1n) is 9.52. The van der Waals surface area contributed by atoms with E-state index in [1.54, 1.807) is 0 Å². The molecule has 29 heavy (non-hydrogen) atoms. The van der Waals surface area contributed by atoms with Crippen LogP contribution in [-0.2, 0) is 4.79 Å². The molecule has 2 atom stereocenters. The average Bonchev–Trinajstić information content (AvgIpc) is 3.18. The van der Waals surface area contributed by atoms with Gasteiger partial charge in [-0.25, -0.2) is 4.98 Å². The van der Waals surface area contributed by atoms with Crippen molar-refractivity contribution in [2.45, 2.75) is 25.0 Å². The predicted molar refractivity (Wildman–Crippen MR) is 107 cm³/mol. The normalized spacial score (nSPS) is 19.4. The quantitative estimate of drug-likeness (QED) is 0.553. The Morgan fingerprint density at radius 3 is 2.97 bits per heavy atom. The smallest absolute Gasteiger partial charge is 0.320 e. The highest BCUT2D eigenvalue weighted by atomic mass is 16.5. The van der Waals surface area contributed by atoms with E-state index in [4.69, 9.17) is 9.72 Å². The third-order valence-electron chi connectivity index (χ3n) is 5.17. The fourth-order valence-electron chi connectivity index (χ4n) is 3.71. The maximum absolute atomic E-state index is 11.3. The van der Waals surface area contributed by atoms with Gasteiger partial charge in [0.25, 0.3) is 0 Å². The molecule has 1 aliphatic rings. The molecule has 2 unspecified atom stereocenters. The summed E-state index contributed by atoms with van der Waals surface area (Å²) in [6, 6.07) is 14.8. The number of nitrogens with zero attached hydrogens (tertiary/aromatic N) is 4. The third-order valence-corrected chi connectivity index (χ3v) is 5.17. The molecule has 8 heteroatoms. The van der Waals surface area contributed by atoms with Gasteiger partial charge in [0.1, 0.15) is 29.1 Å². The van der Waals surface area contributed by atoms with E-state index in [1.807, 2.05) is 59.1 Å². The second-order valence-electron chi connectivity index (χ2n) is 7.09. The minimum absolute atomic E-state index is 0.178. The highest BCUT2D eigenvalue weighted by Gasteiger charge is 2.28. The molecule has 0 amide bonds. The zero-order valence-electron chi connectivity index (χ0n) is 15.5. The van der Waals surface area contributed by atoms with E-state index in [0.717, 1.165) is 23.0 Å². The van der Waals surface area contributed by atoms with Crippen molar-refractivity contribution in [3.8, 4) is 17.3 Å². The Hall–Kier alpha value is -3.52. The molecule has 0 spiro atoms. The van der Waals surface area contributed by atoms with Crippen molar-refractivity contribution in [2.75, 3.05) is 6.54 Å². The largest absolute Gasteiger partial charge is 0.488 e. The molecule has 1 aromatic carbocycles. The number of hydrogen-bond donors (Lipinski definition) is 2. The molecular formula is C21H19N5O3. The van der Waals surface area contributed by atoms with Crippen LogP contribution in [0.3, 0.4) is 0 Å². The number of rotatable bonds is 4. The predicted octanol–water partition coefficient (Wildman–Crippen LogP) is 2.53. The number of fused-ring (bicyclic) bond motifs is 2. The summed E-state index contributed by atoms with van der Waals surface area (Å²) in [7, 11) is 0. The Morgan fingerprint density at radius 1 is 1.14 bits per heavy atom. The topological polar surface area (TPSA) is 102 Å². The second-order valence-corrected chi connectivity index (χ2v) is 7.09. The van der Waals surface area contributed by atoms with E-state index in [1.165, 1.54) is 0 Å². The Morgan fingerprint density at radius 2 is 2.07 bits per heavy atom. The first-order chi connectivity index (χ1) is 14.2. The van der Waals surface area contributed by atoms with Crippen LogP contribution in [0, 0.1) is 0 Å². The van der Waals surface area contributed by atoms with Crippen LogP contribution in [0.2, 0.25) is 0 Å². The van der Waals surface area contributed by atoms with Crippen molar-refractivity contribution < 1.29 is 14.6 Å². The number of ether oxygens (including phenoxy) is 1. The van der Waals surface area contributed by atoms with Crippen LogP contribution >= 0.6 is 0 Å². The molecule has 5 rings (SSSR count). The van der Waals surface area contributed by atoms with Crippen molar-refractivity contribution in [3.05, 3.63) is 54.7 Å². The molecule has 4 heterocycles. The Labute approximate surface area is 166 Å². The van der Waals surface area contributed by atoms with Crippen LogP contribution in [0.4, 0.5) is 0 Å². The molecule has 0 aliphatic carbocycles. The van der Waals surface area contributed by atoms with E-state index in [2.05, 4.69) is 15.5 Å². The van der Waals surface area contributed by atoms with Crippen molar-refractivity contribution >= 4 is 22.5 Å². The number of para-hydroxylation sites is 1. The Bertz CT molecular complexity index is 1210. The van der Waals surface area contributed by atoms with Crippen LogP contribution in [0.25, 0.3) is 28.1 Å². The zero-order chi connectivity index (χ0) is 19.8. The summed E-state index contributed by atoms with van der Waals surface area (Å²) in [5.41, 5.74) is 2.17. The van der Waals surface area contributed by atoms with Crippen molar-refractivity contribution in [2.24, 2.45) is 0 Å². The lowest BCUT2D eigenvalue weighted by Gasteiger charge is -2.28. The highest BCUT2D eigenvalue weighted by Crippen LogP contribution is 2.29. The van der Waals surface area contributed by atoms with Gasteiger partial charge in [-0.1, -0.05) is 24.3 Å². The van der Waals surface area contributed by atoms with E-state index in [-0.39, 0.29) is 6.10 Å². The van der Waals surface area contributed by atoms with Gasteiger partial charge < -0.3 is 15.2 Å². The Kier molecular flexibility index (Phi) is 4.33. The summed E-state index contributed by atoms with van der Waals surface area (Å²) in [6.45, 7) is 0.608. The number of nitrogens with one attached hydrogen (secondary N) is 1. The van der Waals surface area contributed by atoms with Crippen molar-refractivity contribution in [1.82, 2.24) is 24.9 Å². The first kappa shape index (κ1) is 17.6. The SMILES string of the molecule is O=C(O)C1CC(Oc2cccc3ccc(-c4nnc5ccccn45)nc23)CCN1. The lowest BCUT2D eigenvalue weighted by molar-refractivity contribution is -0.140. The summed E-state index contributed by atoms with van der Waals surface area (Å²) < 4.78 is 8.09. The van der Waals surface area contributed by atoms with E-state index < -0.39 is 12.0 Å². The third kappa shape index (κ3) is 3.27. The minimum atomic E-state index is -0.852. The summed E-state index contributed by atoms with van der Waals surface area (Å²) in [6.07, 6.45) is 2.89. The Balaban J connectivity index is 1.52. The van der Waals surface area contributed by atoms with Crippen LogP contribution in [-0.4, -0.2) is 49.3 Å². The van der Waals surface area contributed by atoms with Gasteiger partial charge >= 0.3 is 5.97 Å². The van der Waals surface area contributed by atoms with Gasteiger partial charge in [0, 0.05) is 18.0 Å². The summed E-state index contributed by atoms with van der Waals surface area (Å²) in [4.78, 5) is 16.1. The monoisotopic (exact) mass is 389 g/mol. The van der Waals surface area contributed by atoms with Crippen LogP contribution in [0.5, 0.6) is 5.75 Å². The van der Waals surface area contributed by atoms with Crippen LogP contribution in [0.15, 0.2) is 54.7 Å². The zero-order valence-corrected chi connectivity index (χ0v) is 15.5. The molecule has 1 saturated heterocycles. The molecule has 3 aromatic heterocycles. The lowest BCUT2D eigenvalue weighted by Crippen LogP contribution is -2.46. The van der Waals surface area contributed by atoms with Crippen molar-refractivity contribution in [3.63, 3.8) is 0 Å². The van der Waals surface area contributed by atoms with E-state index in [9.17, 15) is 9.90 Å². The summed E-state index contributed by atoms with van der Waals surface area (Å²) >= 11 is 0. The number of carbonyl (C=O) groups is 1. The molecule has 4 aromatic rings. The molecule has 0 bridgehead atoms. The number of benzene rings is 1. The molecule has 1 aliphatic heterocycles.